The Bertz CT molecular complexity index is 660. The van der Waals surface area contributed by atoms with Gasteiger partial charge in [-0.3, -0.25) is 0 Å². The summed E-state index contributed by atoms with van der Waals surface area (Å²) >= 11 is 3.35. The van der Waals surface area contributed by atoms with Gasteiger partial charge in [0.05, 0.1) is 6.20 Å². The molecule has 0 unspecified atom stereocenters. The first kappa shape index (κ1) is 16.5. The van der Waals surface area contributed by atoms with Crippen molar-refractivity contribution >= 4 is 27.7 Å². The van der Waals surface area contributed by atoms with Gasteiger partial charge < -0.3 is 15.8 Å². The number of nitrogen functional groups attached to an aromatic ring is 1. The summed E-state index contributed by atoms with van der Waals surface area (Å²) in [4.78, 5) is 12.7. The summed E-state index contributed by atoms with van der Waals surface area (Å²) in [5.41, 5.74) is 6.96. The second-order valence-electron chi connectivity index (χ2n) is 5.54. The van der Waals surface area contributed by atoms with Crippen LogP contribution in [-0.4, -0.2) is 21.0 Å². The Kier molecular flexibility index (Phi) is 5.18. The van der Waals surface area contributed by atoms with Crippen molar-refractivity contribution in [2.45, 2.75) is 39.7 Å². The van der Waals surface area contributed by atoms with Gasteiger partial charge in [-0.2, -0.15) is 4.98 Å². The summed E-state index contributed by atoms with van der Waals surface area (Å²) in [7, 11) is 0. The van der Waals surface area contributed by atoms with E-state index in [0.29, 0.717) is 27.9 Å². The van der Waals surface area contributed by atoms with Gasteiger partial charge in [0.25, 0.3) is 0 Å². The maximum atomic E-state index is 5.97. The van der Waals surface area contributed by atoms with E-state index in [4.69, 9.17) is 10.5 Å². The van der Waals surface area contributed by atoms with Gasteiger partial charge in [-0.1, -0.05) is 13.8 Å². The first-order chi connectivity index (χ1) is 10.4. The normalized spacial score (nSPS) is 11.0. The van der Waals surface area contributed by atoms with Crippen molar-refractivity contribution in [2.24, 2.45) is 0 Å². The molecule has 118 valence electrons. The number of hydrogen-bond donors (Lipinski definition) is 2. The molecule has 0 radical (unpaired) electrons. The molecule has 0 atom stereocenters. The third-order valence-corrected chi connectivity index (χ3v) is 3.34. The Morgan fingerprint density at radius 3 is 2.45 bits per heavy atom. The molecule has 22 heavy (non-hydrogen) atoms. The van der Waals surface area contributed by atoms with Crippen LogP contribution in [-0.2, 0) is 0 Å². The van der Waals surface area contributed by atoms with Gasteiger partial charge in [0.15, 0.2) is 11.6 Å². The second-order valence-corrected chi connectivity index (χ2v) is 6.36. The second kappa shape index (κ2) is 6.91. The van der Waals surface area contributed by atoms with Gasteiger partial charge >= 0.3 is 0 Å². The van der Waals surface area contributed by atoms with Gasteiger partial charge in [0.1, 0.15) is 10.4 Å². The highest BCUT2D eigenvalue weighted by molar-refractivity contribution is 9.10. The fourth-order valence-electron chi connectivity index (χ4n) is 1.85. The van der Waals surface area contributed by atoms with E-state index < -0.39 is 0 Å². The molecular formula is C15H20BrN5O. The number of rotatable bonds is 5. The summed E-state index contributed by atoms with van der Waals surface area (Å²) in [5.74, 6) is 2.17. The lowest BCUT2D eigenvalue weighted by atomic mass is 10.1. The molecule has 0 spiro atoms. The third kappa shape index (κ3) is 4.07. The van der Waals surface area contributed by atoms with Gasteiger partial charge in [0.2, 0.25) is 5.95 Å². The third-order valence-electron chi connectivity index (χ3n) is 2.90. The van der Waals surface area contributed by atoms with Crippen molar-refractivity contribution < 1.29 is 4.74 Å². The molecule has 0 bridgehead atoms. The fourth-order valence-corrected chi connectivity index (χ4v) is 2.16. The van der Waals surface area contributed by atoms with Gasteiger partial charge in [-0.05, 0) is 35.7 Å². The first-order valence-corrected chi connectivity index (χ1v) is 7.88. The molecule has 0 aliphatic rings. The Balaban J connectivity index is 2.29. The largest absolute Gasteiger partial charge is 0.451 e. The quantitative estimate of drug-likeness (QED) is 0.780. The number of nitrogens with zero attached hydrogens (tertiary/aromatic N) is 3. The molecule has 0 fully saturated rings. The molecule has 3 N–H and O–H groups in total. The van der Waals surface area contributed by atoms with E-state index in [1.807, 2.05) is 19.9 Å². The summed E-state index contributed by atoms with van der Waals surface area (Å²) in [5, 5.41) is 3.10. The molecule has 2 aromatic rings. The number of nitrogens with two attached hydrogens (primary N) is 1. The van der Waals surface area contributed by atoms with Crippen molar-refractivity contribution in [3.8, 4) is 11.5 Å². The minimum absolute atomic E-state index is 0.231. The van der Waals surface area contributed by atoms with Crippen molar-refractivity contribution in [2.75, 3.05) is 11.1 Å². The average Bonchev–Trinajstić information content (AvgIpc) is 2.41. The number of ether oxygens (including phenoxy) is 1. The van der Waals surface area contributed by atoms with Crippen LogP contribution in [0.1, 0.15) is 39.2 Å². The van der Waals surface area contributed by atoms with E-state index >= 15 is 0 Å². The average molecular weight is 366 g/mol. The zero-order valence-corrected chi connectivity index (χ0v) is 14.7. The zero-order chi connectivity index (χ0) is 16.3. The smallest absolute Gasteiger partial charge is 0.225 e. The summed E-state index contributed by atoms with van der Waals surface area (Å²) in [6.07, 6.45) is 3.36. The predicted molar refractivity (Wildman–Crippen MR) is 91.3 cm³/mol. The minimum atomic E-state index is 0.231. The first-order valence-electron chi connectivity index (χ1n) is 7.09. The molecule has 0 amide bonds. The number of aromatic nitrogens is 3. The number of pyridine rings is 1. The van der Waals surface area contributed by atoms with Crippen molar-refractivity contribution in [3.63, 3.8) is 0 Å². The van der Waals surface area contributed by atoms with Crippen LogP contribution in [0.5, 0.6) is 11.5 Å². The minimum Gasteiger partial charge on any atom is -0.451 e. The van der Waals surface area contributed by atoms with E-state index in [2.05, 4.69) is 50.0 Å². The van der Waals surface area contributed by atoms with Crippen molar-refractivity contribution in [1.29, 1.82) is 0 Å². The topological polar surface area (TPSA) is 86.0 Å². The van der Waals surface area contributed by atoms with Crippen LogP contribution in [0.3, 0.4) is 0 Å². The van der Waals surface area contributed by atoms with Crippen LogP contribution in [0.25, 0.3) is 0 Å². The zero-order valence-electron chi connectivity index (χ0n) is 13.1. The lowest BCUT2D eigenvalue weighted by Crippen LogP contribution is -2.13. The van der Waals surface area contributed by atoms with E-state index in [0.717, 1.165) is 5.56 Å². The molecule has 7 heteroatoms. The Hall–Kier alpha value is -1.89. The van der Waals surface area contributed by atoms with Crippen molar-refractivity contribution in [1.82, 2.24) is 15.0 Å². The summed E-state index contributed by atoms with van der Waals surface area (Å²) in [6, 6.07) is 2.05. The Morgan fingerprint density at radius 1 is 1.14 bits per heavy atom. The van der Waals surface area contributed by atoms with Gasteiger partial charge in [0, 0.05) is 23.9 Å². The highest BCUT2D eigenvalue weighted by atomic mass is 79.9. The molecule has 2 heterocycles. The maximum absolute atomic E-state index is 5.97. The SMILES string of the molecule is CC(C)Nc1ncc(Oc2cc(Br)ncc2C(C)C)c(N)n1. The molecule has 0 saturated carbocycles. The monoisotopic (exact) mass is 365 g/mol. The predicted octanol–water partition coefficient (Wildman–Crippen LogP) is 3.95. The summed E-state index contributed by atoms with van der Waals surface area (Å²) in [6.45, 7) is 8.17. The van der Waals surface area contributed by atoms with Crippen LogP contribution in [0.15, 0.2) is 23.1 Å². The lowest BCUT2D eigenvalue weighted by molar-refractivity contribution is 0.469. The van der Waals surface area contributed by atoms with E-state index in [1.54, 1.807) is 12.4 Å². The molecule has 2 aromatic heterocycles. The van der Waals surface area contributed by atoms with Crippen molar-refractivity contribution in [3.05, 3.63) is 28.6 Å². The van der Waals surface area contributed by atoms with Crippen LogP contribution in [0, 0.1) is 0 Å². The highest BCUT2D eigenvalue weighted by Crippen LogP contribution is 2.33. The van der Waals surface area contributed by atoms with Gasteiger partial charge in [-0.25, -0.2) is 9.97 Å². The molecule has 0 saturated heterocycles. The lowest BCUT2D eigenvalue weighted by Gasteiger charge is -2.15. The Morgan fingerprint density at radius 2 is 1.86 bits per heavy atom. The van der Waals surface area contributed by atoms with E-state index in [1.165, 1.54) is 0 Å². The Labute approximate surface area is 138 Å². The van der Waals surface area contributed by atoms with Crippen LogP contribution in [0.2, 0.25) is 0 Å². The number of hydrogen-bond acceptors (Lipinski definition) is 6. The number of nitrogens with one attached hydrogen (secondary N) is 1. The highest BCUT2D eigenvalue weighted by Gasteiger charge is 2.13. The van der Waals surface area contributed by atoms with E-state index in [9.17, 15) is 0 Å². The van der Waals surface area contributed by atoms with Crippen LogP contribution in [0.4, 0.5) is 11.8 Å². The molecule has 0 aliphatic heterocycles. The molecule has 6 nitrogen and oxygen atoms in total. The number of anilines is 2. The molecule has 0 aromatic carbocycles. The van der Waals surface area contributed by atoms with E-state index in [-0.39, 0.29) is 12.0 Å². The number of halogens is 1. The maximum Gasteiger partial charge on any atom is 0.225 e. The molecule has 0 aliphatic carbocycles. The van der Waals surface area contributed by atoms with Crippen LogP contribution >= 0.6 is 15.9 Å². The van der Waals surface area contributed by atoms with Crippen LogP contribution < -0.4 is 15.8 Å². The standard InChI is InChI=1S/C15H20BrN5O/c1-8(2)10-6-18-13(16)5-11(10)22-12-7-19-15(20-9(3)4)21-14(12)17/h5-9H,1-4H3,(H3,17,19,20,21). The fraction of sp³-hybridized carbons (Fsp3) is 0.400. The van der Waals surface area contributed by atoms with Gasteiger partial charge in [-0.15, -0.1) is 0 Å². The molecular weight excluding hydrogens is 346 g/mol. The summed E-state index contributed by atoms with van der Waals surface area (Å²) < 4.78 is 6.59. The molecule has 2 rings (SSSR count).